The van der Waals surface area contributed by atoms with Crippen molar-refractivity contribution in [3.63, 3.8) is 0 Å². The van der Waals surface area contributed by atoms with Crippen LogP contribution in [0.15, 0.2) is 255 Å². The second-order valence-corrected chi connectivity index (χ2v) is 19.5. The van der Waals surface area contributed by atoms with Crippen LogP contribution in [0.2, 0.25) is 0 Å². The van der Waals surface area contributed by atoms with Crippen LogP contribution in [-0.2, 0) is 19.5 Å². The van der Waals surface area contributed by atoms with Crippen molar-refractivity contribution in [3.8, 4) is 11.1 Å². The number of rotatable bonds is 10. The fourth-order valence-corrected chi connectivity index (χ4v) is 13.2. The van der Waals surface area contributed by atoms with Crippen molar-refractivity contribution in [2.24, 2.45) is 0 Å². The Kier molecular flexibility index (Phi) is 18.0. The number of hydrogen-bond acceptors (Lipinski definition) is 0. The predicted molar refractivity (Wildman–Crippen MR) is 286 cm³/mol. The van der Waals surface area contributed by atoms with Crippen LogP contribution in [0.3, 0.4) is 0 Å². The molecule has 0 fully saturated rings. The van der Waals surface area contributed by atoms with E-state index in [1.54, 1.807) is 0 Å². The van der Waals surface area contributed by atoms with Gasteiger partial charge in [0.1, 0.15) is 0 Å². The molecule has 0 saturated carbocycles. The zero-order chi connectivity index (χ0) is 42.1. The molecule has 0 aliphatic rings. The zero-order valence-electron chi connectivity index (χ0n) is 35.5. The summed E-state index contributed by atoms with van der Waals surface area (Å²) in [6, 6.07) is 89.9. The minimum Gasteiger partial charge on any atom is -0.672 e. The molecular weight excluding hydrogens is 959 g/mol. The van der Waals surface area contributed by atoms with Gasteiger partial charge in [-0.2, -0.15) is 0 Å². The van der Waals surface area contributed by atoms with Crippen LogP contribution >= 0.6 is 40.7 Å². The zero-order valence-corrected chi connectivity index (χ0v) is 40.6. The minimum absolute atomic E-state index is 0. The number of halogens is 2. The van der Waals surface area contributed by atoms with Crippen LogP contribution in [0.5, 0.6) is 0 Å². The van der Waals surface area contributed by atoms with E-state index in [1.807, 2.05) is 60.7 Å². The topological polar surface area (TPSA) is 47.6 Å². The summed E-state index contributed by atoms with van der Waals surface area (Å²) in [5.74, 6) is 0. The molecule has 0 saturated heterocycles. The molecule has 0 aliphatic heterocycles. The minimum atomic E-state index is -0.852. The first-order valence-corrected chi connectivity index (χ1v) is 23.7. The molecule has 65 heavy (non-hydrogen) atoms. The molecule has 2 nitrogen and oxygen atoms in total. The van der Waals surface area contributed by atoms with Crippen molar-refractivity contribution < 1.29 is 19.5 Å². The van der Waals surface area contributed by atoms with Gasteiger partial charge >= 0.3 is 19.5 Å². The van der Waals surface area contributed by atoms with E-state index < -0.39 is 27.9 Å². The maximum absolute atomic E-state index is 8.07. The molecule has 2 atom stereocenters. The smallest absolute Gasteiger partial charge is 0.672 e. The van der Waals surface area contributed by atoms with Gasteiger partial charge in [-0.25, -0.2) is 0 Å². The van der Waals surface area contributed by atoms with Crippen molar-refractivity contribution in [1.29, 1.82) is 0 Å². The van der Waals surface area contributed by atoms with Crippen molar-refractivity contribution in [3.05, 3.63) is 277 Å². The van der Waals surface area contributed by atoms with E-state index in [4.69, 9.17) is 11.5 Å². The molecular formula is C58H48Cl2N2P2Ru. The molecule has 7 heteroatoms. The molecule has 0 spiro atoms. The van der Waals surface area contributed by atoms with E-state index >= 15 is 0 Å². The van der Waals surface area contributed by atoms with E-state index in [9.17, 15) is 0 Å². The summed E-state index contributed by atoms with van der Waals surface area (Å²) >= 11 is 0. The Morgan fingerprint density at radius 2 is 0.523 bits per heavy atom. The molecule has 0 aromatic heterocycles. The van der Waals surface area contributed by atoms with Gasteiger partial charge in [0.15, 0.2) is 0 Å². The molecule has 0 amide bonds. The molecule has 322 valence electrons. The molecule has 2 N–H and O–H groups in total. The van der Waals surface area contributed by atoms with Gasteiger partial charge in [-0.15, -0.1) is 36.9 Å². The average Bonchev–Trinajstić information content (AvgIpc) is 3.36. The molecule has 0 aliphatic carbocycles. The van der Waals surface area contributed by atoms with Crippen molar-refractivity contribution >= 4 is 94.0 Å². The Morgan fingerprint density at radius 3 is 0.815 bits per heavy atom. The number of nitrogens with one attached hydrogen (secondary N) is 2. The van der Waals surface area contributed by atoms with Crippen molar-refractivity contribution in [2.45, 2.75) is 12.1 Å². The summed E-state index contributed by atoms with van der Waals surface area (Å²) in [6.07, 6.45) is 0. The van der Waals surface area contributed by atoms with E-state index in [1.165, 1.54) is 64.5 Å². The van der Waals surface area contributed by atoms with E-state index in [0.29, 0.717) is 0 Å². The number of fused-ring (bicyclic) bond motifs is 2. The first-order valence-electron chi connectivity index (χ1n) is 21.0. The molecule has 0 radical (unpaired) electrons. The van der Waals surface area contributed by atoms with Gasteiger partial charge in [0.2, 0.25) is 0 Å². The summed E-state index contributed by atoms with van der Waals surface area (Å²) in [5, 5.41) is 13.3. The van der Waals surface area contributed by atoms with Crippen LogP contribution < -0.4 is 31.8 Å². The molecule has 10 rings (SSSR count). The summed E-state index contributed by atoms with van der Waals surface area (Å²) in [6.45, 7) is 0. The Balaban J connectivity index is 0.000000314. The second kappa shape index (κ2) is 23.8. The summed E-state index contributed by atoms with van der Waals surface area (Å²) < 4.78 is 0. The van der Waals surface area contributed by atoms with Gasteiger partial charge in [0, 0.05) is 0 Å². The van der Waals surface area contributed by atoms with Gasteiger partial charge in [-0.3, -0.25) is 0 Å². The van der Waals surface area contributed by atoms with Crippen molar-refractivity contribution in [2.75, 3.05) is 0 Å². The van der Waals surface area contributed by atoms with Crippen LogP contribution in [0.4, 0.5) is 0 Å². The van der Waals surface area contributed by atoms with Crippen LogP contribution in [0.25, 0.3) is 44.1 Å². The second-order valence-electron chi connectivity index (χ2n) is 15.2. The van der Waals surface area contributed by atoms with Crippen LogP contribution in [-0.4, -0.2) is 0 Å². The van der Waals surface area contributed by atoms with Gasteiger partial charge in [0.25, 0.3) is 0 Å². The maximum atomic E-state index is 8.07. The fraction of sp³-hybridized carbons (Fsp3) is 0.0345. The Labute approximate surface area is 411 Å². The van der Waals surface area contributed by atoms with Crippen LogP contribution in [0, 0.1) is 0 Å². The quantitative estimate of drug-likeness (QED) is 0.0968. The van der Waals surface area contributed by atoms with E-state index in [2.05, 4.69) is 194 Å². The Morgan fingerprint density at radius 1 is 0.277 bits per heavy atom. The van der Waals surface area contributed by atoms with Gasteiger partial charge in [-0.1, -0.05) is 266 Å². The van der Waals surface area contributed by atoms with Gasteiger partial charge in [0.05, 0.1) is 0 Å². The Hall–Kier alpha value is -5.30. The van der Waals surface area contributed by atoms with Gasteiger partial charge in [-0.05, 0) is 80.3 Å². The molecule has 10 aromatic carbocycles. The first-order chi connectivity index (χ1) is 30.7. The first kappa shape index (κ1) is 49.1. The van der Waals surface area contributed by atoms with Crippen LogP contribution in [0.1, 0.15) is 23.2 Å². The molecule has 10 aromatic rings. The SMILES string of the molecule is Cl.Cl.[NH-]C(c1ccccc1)C([NH-])c1ccccc1.[Ru+2].c1ccc(P(c2ccccc2)c2ccc3ccccc3c2-c2c(P(c3ccccc3)c3ccccc3)ccc3ccccc23)cc1. The fourth-order valence-electron chi connectivity index (χ4n) is 8.29. The molecule has 0 bridgehead atoms. The normalized spacial score (nSPS) is 11.6. The summed E-state index contributed by atoms with van der Waals surface area (Å²) in [5.41, 5.74) is 20.6. The average molecular weight is 1010 g/mol. The number of hydrogen-bond donors (Lipinski definition) is 0. The molecule has 2 unspecified atom stereocenters. The van der Waals surface area contributed by atoms with E-state index in [-0.39, 0.29) is 44.3 Å². The third-order valence-electron chi connectivity index (χ3n) is 11.3. The third kappa shape index (κ3) is 11.0. The Bertz CT molecular complexity index is 2720. The largest absolute Gasteiger partial charge is 2.00 e. The van der Waals surface area contributed by atoms with Crippen molar-refractivity contribution in [1.82, 2.24) is 0 Å². The monoisotopic (exact) mass is 1010 g/mol. The molecule has 0 heterocycles. The number of benzene rings is 10. The maximum Gasteiger partial charge on any atom is 2.00 e. The van der Waals surface area contributed by atoms with Gasteiger partial charge < -0.3 is 11.5 Å². The third-order valence-corrected chi connectivity index (χ3v) is 16.2. The predicted octanol–water partition coefficient (Wildman–Crippen LogP) is 14.6. The standard InChI is InChI=1S/C44H32P2.C14H14N2.2ClH.Ru/c1-5-19-35(20-6-1)45(36-21-7-2-8-22-36)41-31-29-33-17-13-15-27-39(33)43(41)44-40-28-16-14-18-34(40)30-32-42(44)46(37-23-9-3-10-24-37)38-25-11-4-12-26-38;15-13(11-7-3-1-4-8-11)14(16)12-9-5-2-6-10-12;;;/h1-32H;1-10,13-16H;2*1H;/q;-2;;;+2. The summed E-state index contributed by atoms with van der Waals surface area (Å²) in [4.78, 5) is 0. The summed E-state index contributed by atoms with van der Waals surface area (Å²) in [7, 11) is -1.70. The van der Waals surface area contributed by atoms with E-state index in [0.717, 1.165) is 11.1 Å².